The van der Waals surface area contributed by atoms with Gasteiger partial charge < -0.3 is 9.84 Å². The number of carboxylic acid groups (broad SMARTS) is 1. The Kier molecular flexibility index (Phi) is 4.51. The van der Waals surface area contributed by atoms with Gasteiger partial charge in [0, 0.05) is 23.6 Å². The zero-order valence-corrected chi connectivity index (χ0v) is 13.4. The third-order valence-corrected chi connectivity index (χ3v) is 4.27. The molecule has 5 nitrogen and oxygen atoms in total. The average molecular weight is 325 g/mol. The van der Waals surface area contributed by atoms with Crippen LogP contribution in [0.2, 0.25) is 0 Å². The van der Waals surface area contributed by atoms with Gasteiger partial charge in [0.2, 0.25) is 5.91 Å². The van der Waals surface area contributed by atoms with Crippen LogP contribution in [0.3, 0.4) is 0 Å². The smallest absolute Gasteiger partial charge is 0.326 e. The Hall–Kier alpha value is -2.82. The second-order valence-corrected chi connectivity index (χ2v) is 5.86. The van der Waals surface area contributed by atoms with Crippen molar-refractivity contribution in [1.82, 2.24) is 0 Å². The number of carbonyl (C=O) groups excluding carboxylic acids is 1. The minimum Gasteiger partial charge on any atom is -0.493 e. The summed E-state index contributed by atoms with van der Waals surface area (Å²) >= 11 is 0. The Morgan fingerprint density at radius 2 is 1.83 bits per heavy atom. The minimum atomic E-state index is -1.03. The number of anilines is 1. The largest absolute Gasteiger partial charge is 0.493 e. The number of ether oxygens (including phenoxy) is 1. The lowest BCUT2D eigenvalue weighted by Gasteiger charge is -2.27. The fourth-order valence-electron chi connectivity index (χ4n) is 2.99. The molecule has 2 aromatic carbocycles. The molecule has 0 spiro atoms. The van der Waals surface area contributed by atoms with Gasteiger partial charge in [0.1, 0.15) is 11.8 Å². The molecule has 0 aliphatic carbocycles. The van der Waals surface area contributed by atoms with E-state index in [1.54, 1.807) is 24.3 Å². The van der Waals surface area contributed by atoms with Gasteiger partial charge in [-0.05, 0) is 25.1 Å². The first-order valence-corrected chi connectivity index (χ1v) is 7.89. The number of benzene rings is 2. The summed E-state index contributed by atoms with van der Waals surface area (Å²) in [6.07, 6.45) is 0.212. The molecule has 24 heavy (non-hydrogen) atoms. The lowest BCUT2D eigenvalue weighted by molar-refractivity contribution is -0.139. The van der Waals surface area contributed by atoms with Crippen molar-refractivity contribution in [2.24, 2.45) is 0 Å². The molecule has 0 aromatic heterocycles. The summed E-state index contributed by atoms with van der Waals surface area (Å²) < 4.78 is 5.62. The van der Waals surface area contributed by atoms with Crippen molar-refractivity contribution >= 4 is 17.6 Å². The number of fused-ring (bicyclic) bond motifs is 1. The van der Waals surface area contributed by atoms with Gasteiger partial charge in [-0.25, -0.2) is 4.79 Å². The molecule has 124 valence electrons. The van der Waals surface area contributed by atoms with E-state index in [1.807, 2.05) is 30.3 Å². The molecule has 1 unspecified atom stereocenters. The fourth-order valence-corrected chi connectivity index (χ4v) is 2.99. The molecule has 5 heteroatoms. The van der Waals surface area contributed by atoms with Crippen LogP contribution >= 0.6 is 0 Å². The highest BCUT2D eigenvalue weighted by Gasteiger charge is 2.32. The van der Waals surface area contributed by atoms with Gasteiger partial charge >= 0.3 is 5.97 Å². The van der Waals surface area contributed by atoms with E-state index in [9.17, 15) is 14.7 Å². The van der Waals surface area contributed by atoms with Gasteiger partial charge in [-0.1, -0.05) is 36.4 Å². The van der Waals surface area contributed by atoms with E-state index in [0.717, 1.165) is 11.3 Å². The number of rotatable bonds is 5. The van der Waals surface area contributed by atoms with Gasteiger partial charge in [0.05, 0.1) is 6.61 Å². The molecule has 2 aromatic rings. The lowest BCUT2D eigenvalue weighted by atomic mass is 9.97. The number of amides is 1. The van der Waals surface area contributed by atoms with E-state index in [2.05, 4.69) is 0 Å². The predicted molar refractivity (Wildman–Crippen MR) is 90.3 cm³/mol. The second-order valence-electron chi connectivity index (χ2n) is 5.86. The van der Waals surface area contributed by atoms with Crippen LogP contribution in [0, 0.1) is 0 Å². The van der Waals surface area contributed by atoms with E-state index >= 15 is 0 Å². The van der Waals surface area contributed by atoms with Crippen molar-refractivity contribution in [2.75, 3.05) is 11.5 Å². The number of carboxylic acids is 1. The third kappa shape index (κ3) is 3.11. The Morgan fingerprint density at radius 3 is 2.54 bits per heavy atom. The van der Waals surface area contributed by atoms with E-state index in [0.29, 0.717) is 12.3 Å². The summed E-state index contributed by atoms with van der Waals surface area (Å²) in [5.74, 6) is -0.509. The quantitative estimate of drug-likeness (QED) is 0.917. The highest BCUT2D eigenvalue weighted by molar-refractivity contribution is 5.99. The number of nitrogens with zero attached hydrogens (tertiary/aromatic N) is 1. The van der Waals surface area contributed by atoms with Crippen molar-refractivity contribution in [3.63, 3.8) is 0 Å². The highest BCUT2D eigenvalue weighted by atomic mass is 16.5. The van der Waals surface area contributed by atoms with E-state index < -0.39 is 12.0 Å². The van der Waals surface area contributed by atoms with Crippen LogP contribution < -0.4 is 9.64 Å². The summed E-state index contributed by atoms with van der Waals surface area (Å²) in [7, 11) is 0. The summed E-state index contributed by atoms with van der Waals surface area (Å²) in [5.41, 5.74) is 1.59. The van der Waals surface area contributed by atoms with Crippen molar-refractivity contribution < 1.29 is 19.4 Å². The average Bonchev–Trinajstić information content (AvgIpc) is 2.99. The number of hydrogen-bond acceptors (Lipinski definition) is 3. The lowest BCUT2D eigenvalue weighted by Crippen LogP contribution is -2.44. The number of aliphatic carboxylic acids is 1. The zero-order chi connectivity index (χ0) is 17.1. The summed E-state index contributed by atoms with van der Waals surface area (Å²) in [6, 6.07) is 15.6. The molecule has 1 heterocycles. The van der Waals surface area contributed by atoms with E-state index in [1.165, 1.54) is 11.8 Å². The van der Waals surface area contributed by atoms with Crippen LogP contribution in [0.1, 0.15) is 24.8 Å². The van der Waals surface area contributed by atoms with Gasteiger partial charge in [-0.15, -0.1) is 0 Å². The van der Waals surface area contributed by atoms with Crippen molar-refractivity contribution in [3.8, 4) is 5.75 Å². The SMILES string of the molecule is C[C@@H](C(=O)O)N(C(=O)CC1COc2ccccc21)c1ccccc1. The van der Waals surface area contributed by atoms with Gasteiger partial charge in [0.25, 0.3) is 0 Å². The Balaban J connectivity index is 1.84. The van der Waals surface area contributed by atoms with Crippen LogP contribution in [0.25, 0.3) is 0 Å². The molecular weight excluding hydrogens is 306 g/mol. The zero-order valence-electron chi connectivity index (χ0n) is 13.4. The van der Waals surface area contributed by atoms with Crippen molar-refractivity contribution in [2.45, 2.75) is 25.3 Å². The molecule has 2 atom stereocenters. The molecular formula is C19H19NO4. The maximum atomic E-state index is 12.9. The molecule has 0 saturated carbocycles. The topological polar surface area (TPSA) is 66.8 Å². The molecule has 0 bridgehead atoms. The maximum absolute atomic E-state index is 12.9. The molecule has 1 aliphatic heterocycles. The van der Waals surface area contributed by atoms with Gasteiger partial charge in [0.15, 0.2) is 0 Å². The Bertz CT molecular complexity index is 744. The summed E-state index contributed by atoms with van der Waals surface area (Å²) in [5, 5.41) is 9.36. The maximum Gasteiger partial charge on any atom is 0.326 e. The fraction of sp³-hybridized carbons (Fsp3) is 0.263. The molecule has 0 radical (unpaired) electrons. The van der Waals surface area contributed by atoms with E-state index in [4.69, 9.17) is 4.74 Å². The first kappa shape index (κ1) is 16.1. The number of para-hydroxylation sites is 2. The van der Waals surface area contributed by atoms with Crippen molar-refractivity contribution in [3.05, 3.63) is 60.2 Å². The Labute approximate surface area is 140 Å². The number of hydrogen-bond donors (Lipinski definition) is 1. The monoisotopic (exact) mass is 325 g/mol. The first-order chi connectivity index (χ1) is 11.6. The van der Waals surface area contributed by atoms with E-state index in [-0.39, 0.29) is 18.2 Å². The molecule has 3 rings (SSSR count). The van der Waals surface area contributed by atoms with Gasteiger partial charge in [-0.2, -0.15) is 0 Å². The minimum absolute atomic E-state index is 0.0547. The van der Waals surface area contributed by atoms with Crippen molar-refractivity contribution in [1.29, 1.82) is 0 Å². The van der Waals surface area contributed by atoms with Crippen LogP contribution in [0.5, 0.6) is 5.75 Å². The first-order valence-electron chi connectivity index (χ1n) is 7.89. The predicted octanol–water partition coefficient (Wildman–Crippen LogP) is 3.06. The van der Waals surface area contributed by atoms with Crippen LogP contribution in [-0.2, 0) is 9.59 Å². The molecule has 1 amide bonds. The van der Waals surface area contributed by atoms with Crippen LogP contribution in [-0.4, -0.2) is 29.6 Å². The molecule has 0 fully saturated rings. The third-order valence-electron chi connectivity index (χ3n) is 4.27. The summed E-state index contributed by atoms with van der Waals surface area (Å²) in [4.78, 5) is 25.6. The molecule has 1 N–H and O–H groups in total. The summed E-state index contributed by atoms with van der Waals surface area (Å²) in [6.45, 7) is 1.96. The van der Waals surface area contributed by atoms with Crippen LogP contribution in [0.4, 0.5) is 5.69 Å². The second kappa shape index (κ2) is 6.74. The molecule has 0 saturated heterocycles. The Morgan fingerprint density at radius 1 is 1.17 bits per heavy atom. The highest BCUT2D eigenvalue weighted by Crippen LogP contribution is 2.36. The standard InChI is InChI=1S/C19H19NO4/c1-13(19(22)23)20(15-7-3-2-4-8-15)18(21)11-14-12-24-17-10-6-5-9-16(14)17/h2-10,13-14H,11-12H2,1H3,(H,22,23)/t13-,14?/m0/s1. The van der Waals surface area contributed by atoms with Crippen LogP contribution in [0.15, 0.2) is 54.6 Å². The normalized spacial score (nSPS) is 16.8. The van der Waals surface area contributed by atoms with Gasteiger partial charge in [-0.3, -0.25) is 9.69 Å². The number of carbonyl (C=O) groups is 2. The molecule has 1 aliphatic rings.